The Balaban J connectivity index is 1.54. The molecule has 0 radical (unpaired) electrons. The third-order valence-corrected chi connectivity index (χ3v) is 6.11. The first-order valence-corrected chi connectivity index (χ1v) is 10.1. The van der Waals surface area contributed by atoms with Crippen molar-refractivity contribution in [3.05, 3.63) is 73.9 Å². The zero-order chi connectivity index (χ0) is 20.7. The van der Waals surface area contributed by atoms with Crippen molar-refractivity contribution in [1.82, 2.24) is 24.6 Å². The Kier molecular flexibility index (Phi) is 4.97. The van der Waals surface area contributed by atoms with Gasteiger partial charge >= 0.3 is 0 Å². The van der Waals surface area contributed by atoms with Crippen molar-refractivity contribution in [1.29, 1.82) is 0 Å². The quantitative estimate of drug-likeness (QED) is 0.538. The third-order valence-electron chi connectivity index (χ3n) is 4.66. The van der Waals surface area contributed by atoms with Crippen LogP contribution in [0.2, 0.25) is 5.02 Å². The van der Waals surface area contributed by atoms with Gasteiger partial charge in [-0.05, 0) is 49.6 Å². The van der Waals surface area contributed by atoms with Crippen molar-refractivity contribution in [2.75, 3.05) is 7.05 Å². The van der Waals surface area contributed by atoms with Crippen LogP contribution in [0.3, 0.4) is 0 Å². The second kappa shape index (κ2) is 7.46. The van der Waals surface area contributed by atoms with Crippen LogP contribution in [0.25, 0.3) is 15.9 Å². The van der Waals surface area contributed by atoms with E-state index in [2.05, 4.69) is 15.1 Å². The van der Waals surface area contributed by atoms with Crippen LogP contribution in [0.5, 0.6) is 0 Å². The van der Waals surface area contributed by atoms with Crippen LogP contribution in [-0.2, 0) is 6.54 Å². The number of H-pyrrole nitrogens is 1. The Morgan fingerprint density at radius 2 is 1.97 bits per heavy atom. The van der Waals surface area contributed by atoms with E-state index < -0.39 is 0 Å². The van der Waals surface area contributed by atoms with E-state index in [9.17, 15) is 9.59 Å². The van der Waals surface area contributed by atoms with Gasteiger partial charge in [0.1, 0.15) is 10.5 Å². The van der Waals surface area contributed by atoms with Crippen LogP contribution in [-0.4, -0.2) is 37.6 Å². The number of aryl methyl sites for hydroxylation is 1. The summed E-state index contributed by atoms with van der Waals surface area (Å²) in [6, 6.07) is 8.95. The van der Waals surface area contributed by atoms with Crippen LogP contribution in [0, 0.1) is 13.8 Å². The highest BCUT2D eigenvalue weighted by Crippen LogP contribution is 2.22. The summed E-state index contributed by atoms with van der Waals surface area (Å²) in [5, 5.41) is 6.88. The molecule has 4 aromatic rings. The molecule has 1 aromatic carbocycles. The van der Waals surface area contributed by atoms with E-state index in [1.807, 2.05) is 31.4 Å². The number of nitrogens with one attached hydrogen (secondary N) is 1. The molecule has 7 nitrogen and oxygen atoms in total. The zero-order valence-electron chi connectivity index (χ0n) is 16.1. The van der Waals surface area contributed by atoms with E-state index >= 15 is 0 Å². The lowest BCUT2D eigenvalue weighted by Crippen LogP contribution is -2.28. The molecule has 148 valence electrons. The Morgan fingerprint density at radius 1 is 1.24 bits per heavy atom. The highest BCUT2D eigenvalue weighted by atomic mass is 35.5. The Labute approximate surface area is 175 Å². The van der Waals surface area contributed by atoms with E-state index in [0.717, 1.165) is 17.1 Å². The SMILES string of the molecule is Cc1nn(-c2ccc(C(=O)N(C)Cc3nc4ccsc4c(=O)[nH]3)cc2)c(C)c1Cl. The van der Waals surface area contributed by atoms with E-state index in [4.69, 9.17) is 11.6 Å². The smallest absolute Gasteiger partial charge is 0.268 e. The van der Waals surface area contributed by atoms with Crippen molar-refractivity contribution in [3.63, 3.8) is 0 Å². The van der Waals surface area contributed by atoms with Crippen molar-refractivity contribution in [2.24, 2.45) is 0 Å². The van der Waals surface area contributed by atoms with Gasteiger partial charge in [0.2, 0.25) is 0 Å². The number of carbonyl (C=O) groups is 1. The average molecular weight is 428 g/mol. The van der Waals surface area contributed by atoms with Crippen LogP contribution in [0.4, 0.5) is 0 Å². The number of hydrogen-bond acceptors (Lipinski definition) is 5. The Hall–Kier alpha value is -2.97. The molecule has 4 rings (SSSR count). The fourth-order valence-corrected chi connectivity index (χ4v) is 3.98. The summed E-state index contributed by atoms with van der Waals surface area (Å²) < 4.78 is 2.34. The molecule has 0 aliphatic heterocycles. The van der Waals surface area contributed by atoms with Gasteiger partial charge in [-0.1, -0.05) is 11.6 Å². The number of hydrogen-bond donors (Lipinski definition) is 1. The van der Waals surface area contributed by atoms with E-state index in [1.165, 1.54) is 16.2 Å². The van der Waals surface area contributed by atoms with Gasteiger partial charge in [-0.2, -0.15) is 5.10 Å². The van der Waals surface area contributed by atoms with Gasteiger partial charge in [-0.25, -0.2) is 9.67 Å². The van der Waals surface area contributed by atoms with Crippen molar-refractivity contribution >= 4 is 39.1 Å². The van der Waals surface area contributed by atoms with Crippen molar-refractivity contribution in [2.45, 2.75) is 20.4 Å². The standard InChI is InChI=1S/C20H18ClN5O2S/c1-11-17(21)12(2)26(24-11)14-6-4-13(5-7-14)20(28)25(3)10-16-22-15-8-9-29-18(15)19(27)23-16/h4-9H,10H2,1-3H3,(H,22,23,27). The number of rotatable bonds is 4. The predicted octanol–water partition coefficient (Wildman–Crippen LogP) is 3.71. The van der Waals surface area contributed by atoms with Gasteiger partial charge in [0, 0.05) is 12.6 Å². The average Bonchev–Trinajstić information content (AvgIpc) is 3.28. The van der Waals surface area contributed by atoms with Gasteiger partial charge in [-0.15, -0.1) is 11.3 Å². The van der Waals surface area contributed by atoms with E-state index in [0.29, 0.717) is 26.6 Å². The number of thiophene rings is 1. The minimum atomic E-state index is -0.186. The number of benzene rings is 1. The summed E-state index contributed by atoms with van der Waals surface area (Å²) in [5.74, 6) is 0.279. The van der Waals surface area contributed by atoms with Crippen LogP contribution in [0.15, 0.2) is 40.5 Å². The monoisotopic (exact) mass is 427 g/mol. The van der Waals surface area contributed by atoms with Gasteiger partial charge in [0.15, 0.2) is 0 Å². The van der Waals surface area contributed by atoms with Gasteiger partial charge in [-0.3, -0.25) is 9.59 Å². The molecule has 1 amide bonds. The van der Waals surface area contributed by atoms with E-state index in [-0.39, 0.29) is 18.0 Å². The molecule has 0 atom stereocenters. The maximum atomic E-state index is 12.8. The second-order valence-corrected chi connectivity index (χ2v) is 8.05. The molecule has 0 aliphatic carbocycles. The fraction of sp³-hybridized carbons (Fsp3) is 0.200. The number of carbonyl (C=O) groups excluding carboxylic acids is 1. The van der Waals surface area contributed by atoms with Gasteiger partial charge < -0.3 is 9.88 Å². The first kappa shape index (κ1) is 19.4. The molecule has 0 saturated carbocycles. The lowest BCUT2D eigenvalue weighted by Gasteiger charge is -2.17. The largest absolute Gasteiger partial charge is 0.334 e. The number of halogens is 1. The van der Waals surface area contributed by atoms with Crippen LogP contribution in [0.1, 0.15) is 27.6 Å². The molecule has 0 spiro atoms. The van der Waals surface area contributed by atoms with Crippen LogP contribution >= 0.6 is 22.9 Å². The predicted molar refractivity (Wildman–Crippen MR) is 114 cm³/mol. The highest BCUT2D eigenvalue weighted by molar-refractivity contribution is 7.17. The van der Waals surface area contributed by atoms with Gasteiger partial charge in [0.25, 0.3) is 11.5 Å². The molecule has 0 bridgehead atoms. The number of fused-ring (bicyclic) bond motifs is 1. The summed E-state index contributed by atoms with van der Waals surface area (Å²) in [5.41, 5.74) is 3.41. The number of aromatic amines is 1. The fourth-order valence-electron chi connectivity index (χ4n) is 3.13. The molecular formula is C20H18ClN5O2S. The van der Waals surface area contributed by atoms with E-state index in [1.54, 1.807) is 29.9 Å². The van der Waals surface area contributed by atoms with Crippen molar-refractivity contribution < 1.29 is 4.79 Å². The maximum absolute atomic E-state index is 12.8. The molecule has 0 unspecified atom stereocenters. The number of nitrogens with zero attached hydrogens (tertiary/aromatic N) is 4. The minimum Gasteiger partial charge on any atom is -0.334 e. The summed E-state index contributed by atoms with van der Waals surface area (Å²) in [6.07, 6.45) is 0. The highest BCUT2D eigenvalue weighted by Gasteiger charge is 2.16. The molecule has 0 saturated heterocycles. The minimum absolute atomic E-state index is 0.170. The van der Waals surface area contributed by atoms with Crippen LogP contribution < -0.4 is 5.56 Å². The molecule has 9 heteroatoms. The molecular weight excluding hydrogens is 410 g/mol. The topological polar surface area (TPSA) is 83.9 Å². The Bertz CT molecular complexity index is 1270. The summed E-state index contributed by atoms with van der Waals surface area (Å²) in [4.78, 5) is 33.6. The third kappa shape index (κ3) is 3.56. The Morgan fingerprint density at radius 3 is 2.62 bits per heavy atom. The lowest BCUT2D eigenvalue weighted by atomic mass is 10.2. The lowest BCUT2D eigenvalue weighted by molar-refractivity contribution is 0.0781. The number of aromatic nitrogens is 4. The first-order chi connectivity index (χ1) is 13.8. The normalized spacial score (nSPS) is 11.2. The summed E-state index contributed by atoms with van der Waals surface area (Å²) in [7, 11) is 1.68. The van der Waals surface area contributed by atoms with Crippen molar-refractivity contribution in [3.8, 4) is 5.69 Å². The molecule has 3 aromatic heterocycles. The molecule has 0 fully saturated rings. The molecule has 0 aliphatic rings. The first-order valence-electron chi connectivity index (χ1n) is 8.89. The molecule has 1 N–H and O–H groups in total. The summed E-state index contributed by atoms with van der Waals surface area (Å²) in [6.45, 7) is 3.95. The zero-order valence-corrected chi connectivity index (χ0v) is 17.6. The second-order valence-electron chi connectivity index (χ2n) is 6.75. The molecule has 3 heterocycles. The molecule has 29 heavy (non-hydrogen) atoms. The maximum Gasteiger partial charge on any atom is 0.268 e. The van der Waals surface area contributed by atoms with Gasteiger partial charge in [0.05, 0.1) is 34.2 Å². The summed E-state index contributed by atoms with van der Waals surface area (Å²) >= 11 is 7.56. The number of amides is 1.